The molecular formula is C45H63N5O7. The summed E-state index contributed by atoms with van der Waals surface area (Å²) in [6.07, 6.45) is 7.67. The van der Waals surface area contributed by atoms with Crippen molar-refractivity contribution in [3.05, 3.63) is 77.5 Å². The Morgan fingerprint density at radius 1 is 0.825 bits per heavy atom. The first kappa shape index (κ1) is 43.8. The quantitative estimate of drug-likeness (QED) is 0.0862. The van der Waals surface area contributed by atoms with E-state index in [0.717, 1.165) is 55.9 Å². The molecule has 12 nitrogen and oxygen atoms in total. The van der Waals surface area contributed by atoms with Crippen LogP contribution in [0.1, 0.15) is 86.1 Å². The third-order valence-electron chi connectivity index (χ3n) is 11.7. The lowest BCUT2D eigenvalue weighted by atomic mass is 9.65. The molecule has 5 rings (SSSR count). The summed E-state index contributed by atoms with van der Waals surface area (Å²) in [7, 11) is 0. The highest BCUT2D eigenvalue weighted by molar-refractivity contribution is 6.06. The third-order valence-corrected chi connectivity index (χ3v) is 11.7. The van der Waals surface area contributed by atoms with E-state index in [0.29, 0.717) is 99.3 Å². The number of anilines is 2. The van der Waals surface area contributed by atoms with Gasteiger partial charge in [-0.1, -0.05) is 26.0 Å². The SMILES string of the molecule is CCN(CC)c1ccc(NC(=O)c2cccc(CCCOCCOCCOCCOCCNC(=O)C3(C)CC4CCC(C3)C4C)c2)c(-c2cc(C(N)=O)ccn2)c1. The average molecular weight is 786 g/mol. The number of aryl methyl sites for hydroxylation is 1. The van der Waals surface area contributed by atoms with E-state index in [9.17, 15) is 14.4 Å². The van der Waals surface area contributed by atoms with Crippen LogP contribution in [0, 0.1) is 23.2 Å². The maximum absolute atomic E-state index is 13.5. The van der Waals surface area contributed by atoms with Crippen molar-refractivity contribution in [3.63, 3.8) is 0 Å². The highest BCUT2D eigenvalue weighted by Crippen LogP contribution is 2.53. The number of carbonyl (C=O) groups excluding carboxylic acids is 3. The number of hydrogen-bond donors (Lipinski definition) is 3. The van der Waals surface area contributed by atoms with Gasteiger partial charge in [-0.05, 0) is 118 Å². The first-order valence-electron chi connectivity index (χ1n) is 20.8. The molecule has 2 aliphatic carbocycles. The Bertz CT molecular complexity index is 1750. The molecule has 310 valence electrons. The molecule has 0 radical (unpaired) electrons. The van der Waals surface area contributed by atoms with Crippen molar-refractivity contribution in [3.8, 4) is 11.3 Å². The molecule has 0 spiro atoms. The van der Waals surface area contributed by atoms with Gasteiger partial charge in [0, 0.05) is 60.2 Å². The van der Waals surface area contributed by atoms with Gasteiger partial charge in [0.05, 0.1) is 57.6 Å². The van der Waals surface area contributed by atoms with Gasteiger partial charge < -0.3 is 40.2 Å². The Labute approximate surface area is 338 Å². The van der Waals surface area contributed by atoms with Crippen LogP contribution in [0.25, 0.3) is 11.3 Å². The molecule has 12 heteroatoms. The van der Waals surface area contributed by atoms with Crippen molar-refractivity contribution in [2.24, 2.45) is 28.9 Å². The van der Waals surface area contributed by atoms with E-state index in [2.05, 4.69) is 48.2 Å². The number of carbonyl (C=O) groups is 3. The minimum Gasteiger partial charge on any atom is -0.379 e. The van der Waals surface area contributed by atoms with Gasteiger partial charge in [0.2, 0.25) is 11.8 Å². The number of benzene rings is 2. The van der Waals surface area contributed by atoms with Crippen LogP contribution in [0.4, 0.5) is 11.4 Å². The lowest BCUT2D eigenvalue weighted by Gasteiger charge is -2.40. The number of rotatable bonds is 24. The summed E-state index contributed by atoms with van der Waals surface area (Å²) in [5.41, 5.74) is 10.1. The van der Waals surface area contributed by atoms with Crippen LogP contribution in [0.15, 0.2) is 60.8 Å². The summed E-state index contributed by atoms with van der Waals surface area (Å²) in [5, 5.41) is 6.16. The average Bonchev–Trinajstić information content (AvgIpc) is 3.42. The summed E-state index contributed by atoms with van der Waals surface area (Å²) in [6.45, 7) is 14.8. The fourth-order valence-corrected chi connectivity index (χ4v) is 8.36. The lowest BCUT2D eigenvalue weighted by molar-refractivity contribution is -0.134. The van der Waals surface area contributed by atoms with Gasteiger partial charge in [-0.3, -0.25) is 19.4 Å². The number of nitrogens with zero attached hydrogens (tertiary/aromatic N) is 2. The third kappa shape index (κ3) is 12.6. The van der Waals surface area contributed by atoms with Crippen LogP contribution >= 0.6 is 0 Å². The van der Waals surface area contributed by atoms with Gasteiger partial charge in [0.25, 0.3) is 5.91 Å². The molecular weight excluding hydrogens is 723 g/mol. The maximum Gasteiger partial charge on any atom is 0.255 e. The Morgan fingerprint density at radius 2 is 1.47 bits per heavy atom. The van der Waals surface area contributed by atoms with Crippen LogP contribution in [0.2, 0.25) is 0 Å². The van der Waals surface area contributed by atoms with Crippen LogP contribution in [-0.4, -0.2) is 95.2 Å². The molecule has 2 aliphatic rings. The minimum atomic E-state index is -0.543. The van der Waals surface area contributed by atoms with E-state index in [4.69, 9.17) is 24.7 Å². The Balaban J connectivity index is 0.926. The molecule has 2 bridgehead atoms. The number of primary amides is 1. The predicted octanol–water partition coefficient (Wildman–Crippen LogP) is 6.52. The fraction of sp³-hybridized carbons (Fsp3) is 0.556. The van der Waals surface area contributed by atoms with E-state index in [1.165, 1.54) is 12.8 Å². The number of ether oxygens (including phenoxy) is 4. The van der Waals surface area contributed by atoms with Crippen molar-refractivity contribution in [1.82, 2.24) is 10.3 Å². The van der Waals surface area contributed by atoms with Gasteiger partial charge in [0.15, 0.2) is 0 Å². The smallest absolute Gasteiger partial charge is 0.255 e. The van der Waals surface area contributed by atoms with Crippen molar-refractivity contribution in [2.75, 3.05) is 82.7 Å². The van der Waals surface area contributed by atoms with E-state index in [1.807, 2.05) is 36.4 Å². The second-order valence-corrected chi connectivity index (χ2v) is 15.6. The number of amides is 3. The summed E-state index contributed by atoms with van der Waals surface area (Å²) in [5.74, 6) is 1.54. The number of fused-ring (bicyclic) bond motifs is 2. The maximum atomic E-state index is 13.5. The van der Waals surface area contributed by atoms with Crippen molar-refractivity contribution in [1.29, 1.82) is 0 Å². The van der Waals surface area contributed by atoms with Gasteiger partial charge in [-0.2, -0.15) is 0 Å². The minimum absolute atomic E-state index is 0.175. The standard InChI is InChI=1S/C45H63N5O7/c1-5-50(6-2)38-14-15-40(39(29-38)41-28-34(42(46)51)16-17-47-41)49-43(52)35-11-7-9-33(27-35)10-8-19-54-21-23-56-25-26-57-24-22-55-20-18-48-44(53)45(4)30-36-12-13-37(31-45)32(36)3/h7,9,11,14-17,27-29,32,36-37H,5-6,8,10,12-13,18-26,30-31H2,1-4H3,(H2,46,51)(H,48,53)(H,49,52). The monoisotopic (exact) mass is 785 g/mol. The number of aromatic nitrogens is 1. The Hall–Kier alpha value is -4.36. The van der Waals surface area contributed by atoms with E-state index in [1.54, 1.807) is 24.4 Å². The fourth-order valence-electron chi connectivity index (χ4n) is 8.36. The first-order valence-corrected chi connectivity index (χ1v) is 20.8. The molecule has 2 unspecified atom stereocenters. The van der Waals surface area contributed by atoms with Crippen LogP contribution in [0.3, 0.4) is 0 Å². The molecule has 1 heterocycles. The number of nitrogens with two attached hydrogens (primary N) is 1. The highest BCUT2D eigenvalue weighted by Gasteiger charge is 2.48. The van der Waals surface area contributed by atoms with Crippen molar-refractivity contribution < 1.29 is 33.3 Å². The molecule has 2 fully saturated rings. The first-order chi connectivity index (χ1) is 27.6. The van der Waals surface area contributed by atoms with Gasteiger partial charge in [-0.25, -0.2) is 0 Å². The van der Waals surface area contributed by atoms with Crippen molar-refractivity contribution >= 4 is 29.1 Å². The van der Waals surface area contributed by atoms with Gasteiger partial charge in [-0.15, -0.1) is 0 Å². The molecule has 0 aliphatic heterocycles. The number of pyridine rings is 1. The summed E-state index contributed by atoms with van der Waals surface area (Å²) >= 11 is 0. The normalized spacial score (nSPS) is 20.0. The molecule has 2 aromatic carbocycles. The van der Waals surface area contributed by atoms with E-state index in [-0.39, 0.29) is 17.2 Å². The molecule has 4 N–H and O–H groups in total. The van der Waals surface area contributed by atoms with Gasteiger partial charge >= 0.3 is 0 Å². The zero-order valence-corrected chi connectivity index (χ0v) is 34.4. The summed E-state index contributed by atoms with van der Waals surface area (Å²) < 4.78 is 22.6. The van der Waals surface area contributed by atoms with Gasteiger partial charge in [0.1, 0.15) is 0 Å². The molecule has 2 saturated carbocycles. The second kappa shape index (κ2) is 22.0. The summed E-state index contributed by atoms with van der Waals surface area (Å²) in [6, 6.07) is 16.6. The highest BCUT2D eigenvalue weighted by atomic mass is 16.6. The Morgan fingerprint density at radius 3 is 2.12 bits per heavy atom. The molecule has 1 aromatic heterocycles. The largest absolute Gasteiger partial charge is 0.379 e. The molecule has 0 saturated heterocycles. The molecule has 3 amide bonds. The van der Waals surface area contributed by atoms with Crippen LogP contribution in [-0.2, 0) is 30.2 Å². The zero-order valence-electron chi connectivity index (χ0n) is 34.4. The zero-order chi connectivity index (χ0) is 40.6. The molecule has 3 aromatic rings. The topological polar surface area (TPSA) is 154 Å². The van der Waals surface area contributed by atoms with Crippen LogP contribution in [0.5, 0.6) is 0 Å². The predicted molar refractivity (Wildman–Crippen MR) is 223 cm³/mol. The van der Waals surface area contributed by atoms with Crippen molar-refractivity contribution in [2.45, 2.75) is 66.2 Å². The van der Waals surface area contributed by atoms with Crippen LogP contribution < -0.4 is 21.3 Å². The lowest BCUT2D eigenvalue weighted by Crippen LogP contribution is -2.45. The number of nitrogens with one attached hydrogen (secondary N) is 2. The number of hydrogen-bond acceptors (Lipinski definition) is 9. The summed E-state index contributed by atoms with van der Waals surface area (Å²) in [4.78, 5) is 45.0. The second-order valence-electron chi connectivity index (χ2n) is 15.6. The van der Waals surface area contributed by atoms with E-state index < -0.39 is 5.91 Å². The molecule has 2 atom stereocenters. The van der Waals surface area contributed by atoms with E-state index >= 15 is 0 Å². The molecule has 57 heavy (non-hydrogen) atoms. The Kier molecular flexibility index (Phi) is 16.9.